The fourth-order valence-electron chi connectivity index (χ4n) is 0.592. The van der Waals surface area contributed by atoms with Crippen molar-refractivity contribution >= 4 is 16.2 Å². The normalized spacial score (nSPS) is 9.73. The van der Waals surface area contributed by atoms with Gasteiger partial charge in [0.2, 0.25) is 0 Å². The molecule has 0 heterocycles. The minimum atomic E-state index is -4.00. The number of carboxylic acid groups (broad SMARTS) is 1. The smallest absolute Gasteiger partial charge is 0.418 e. The summed E-state index contributed by atoms with van der Waals surface area (Å²) in [6.07, 6.45) is -1.22. The quantitative estimate of drug-likeness (QED) is 0.235. The zero-order chi connectivity index (χ0) is 11.9. The first-order valence-corrected chi connectivity index (χ1v) is 5.04. The monoisotopic (exact) mass is 234 g/mol. The summed E-state index contributed by atoms with van der Waals surface area (Å²) in [4.78, 5) is 9.06. The van der Waals surface area contributed by atoms with Crippen molar-refractivity contribution in [1.29, 1.82) is 0 Å². The van der Waals surface area contributed by atoms with Crippen LogP contribution in [0.3, 0.4) is 0 Å². The minimum absolute atomic E-state index is 0.0741. The second kappa shape index (κ2) is 5.96. The van der Waals surface area contributed by atoms with E-state index in [0.29, 0.717) is 0 Å². The van der Waals surface area contributed by atoms with E-state index in [-0.39, 0.29) is 4.90 Å². The van der Waals surface area contributed by atoms with Gasteiger partial charge in [0.1, 0.15) is 0 Å². The topological polar surface area (TPSA) is 130 Å². The summed E-state index contributed by atoms with van der Waals surface area (Å²) < 4.78 is 29.2. The average Bonchev–Trinajstić information content (AvgIpc) is 2.19. The molecule has 1 aromatic rings. The molecule has 0 saturated heterocycles. The van der Waals surface area contributed by atoms with E-state index >= 15 is 0 Å². The van der Waals surface area contributed by atoms with Crippen LogP contribution in [-0.4, -0.2) is 24.2 Å². The zero-order valence-corrected chi connectivity index (χ0v) is 8.31. The molecule has 0 saturated carbocycles. The van der Waals surface area contributed by atoms with Crippen molar-refractivity contribution in [1.82, 2.24) is 5.43 Å². The molecule has 0 fully saturated rings. The lowest BCUT2D eigenvalue weighted by atomic mass is 10.4. The van der Waals surface area contributed by atoms with Crippen molar-refractivity contribution in [3.8, 4) is 0 Å². The average molecular weight is 234 g/mol. The standard InChI is InChI=1S/C6H6O3S.CH4N2O2/c7-10(8,9)6-4-2-1-3-5-6;2-3-1(4)5/h1-5H,(H,7,8,9);3H,2H2,(H,4,5). The zero-order valence-electron chi connectivity index (χ0n) is 7.49. The van der Waals surface area contributed by atoms with Crippen LogP contribution >= 0.6 is 0 Å². The molecule has 1 aromatic carbocycles. The Morgan fingerprint density at radius 1 is 1.27 bits per heavy atom. The van der Waals surface area contributed by atoms with Crippen LogP contribution in [0, 0.1) is 0 Å². The molecular formula is C7H10N2O5S. The Kier molecular flexibility index (Phi) is 5.31. The van der Waals surface area contributed by atoms with Crippen LogP contribution in [0.25, 0.3) is 0 Å². The molecule has 8 heteroatoms. The van der Waals surface area contributed by atoms with E-state index in [9.17, 15) is 8.42 Å². The molecule has 0 spiro atoms. The first-order chi connectivity index (χ1) is 6.88. The number of amides is 1. The highest BCUT2D eigenvalue weighted by Gasteiger charge is 2.05. The number of carbonyl (C=O) groups is 1. The Balaban J connectivity index is 0.000000336. The molecule has 0 unspecified atom stereocenters. The summed E-state index contributed by atoms with van der Waals surface area (Å²) in [5.41, 5.74) is 1.44. The van der Waals surface area contributed by atoms with Gasteiger partial charge in [-0.2, -0.15) is 8.42 Å². The highest BCUT2D eigenvalue weighted by molar-refractivity contribution is 7.85. The van der Waals surface area contributed by atoms with Gasteiger partial charge in [0, 0.05) is 0 Å². The molecule has 0 aliphatic heterocycles. The largest absolute Gasteiger partial charge is 0.464 e. The van der Waals surface area contributed by atoms with Crippen LogP contribution in [0.15, 0.2) is 35.2 Å². The molecule has 5 N–H and O–H groups in total. The molecule has 15 heavy (non-hydrogen) atoms. The number of hydrogen-bond donors (Lipinski definition) is 4. The molecule has 0 radical (unpaired) electrons. The summed E-state index contributed by atoms with van der Waals surface area (Å²) >= 11 is 0. The summed E-state index contributed by atoms with van der Waals surface area (Å²) in [5, 5.41) is 7.49. The number of rotatable bonds is 1. The highest BCUT2D eigenvalue weighted by atomic mass is 32.2. The molecule has 84 valence electrons. The Labute approximate surface area is 86.2 Å². The van der Waals surface area contributed by atoms with E-state index < -0.39 is 16.2 Å². The maximum absolute atomic E-state index is 10.4. The van der Waals surface area contributed by atoms with Gasteiger partial charge in [0.25, 0.3) is 10.1 Å². The van der Waals surface area contributed by atoms with E-state index in [1.165, 1.54) is 17.6 Å². The van der Waals surface area contributed by atoms with Gasteiger partial charge in [0.05, 0.1) is 4.90 Å². The maximum atomic E-state index is 10.4. The first kappa shape index (κ1) is 13.4. The minimum Gasteiger partial charge on any atom is -0.464 e. The third-order valence-electron chi connectivity index (χ3n) is 1.16. The summed E-state index contributed by atoms with van der Waals surface area (Å²) in [5.74, 6) is 4.32. The van der Waals surface area contributed by atoms with Gasteiger partial charge < -0.3 is 5.11 Å². The fraction of sp³-hybridized carbons (Fsp3) is 0. The van der Waals surface area contributed by atoms with Crippen LogP contribution in [0.5, 0.6) is 0 Å². The van der Waals surface area contributed by atoms with Crippen molar-refractivity contribution < 1.29 is 22.9 Å². The van der Waals surface area contributed by atoms with Crippen molar-refractivity contribution in [2.24, 2.45) is 5.84 Å². The molecular weight excluding hydrogens is 224 g/mol. The second-order valence-corrected chi connectivity index (χ2v) is 3.66. The molecule has 1 amide bonds. The van der Waals surface area contributed by atoms with E-state index in [0.717, 1.165) is 0 Å². The van der Waals surface area contributed by atoms with Gasteiger partial charge in [-0.1, -0.05) is 18.2 Å². The van der Waals surface area contributed by atoms with Crippen molar-refractivity contribution in [2.75, 3.05) is 0 Å². The molecule has 0 bridgehead atoms. The summed E-state index contributed by atoms with van der Waals surface area (Å²) in [6, 6.07) is 7.42. The van der Waals surface area contributed by atoms with Crippen molar-refractivity contribution in [3.05, 3.63) is 30.3 Å². The van der Waals surface area contributed by atoms with Gasteiger partial charge >= 0.3 is 6.09 Å². The van der Waals surface area contributed by atoms with Crippen LogP contribution in [-0.2, 0) is 10.1 Å². The van der Waals surface area contributed by atoms with Gasteiger partial charge in [0.15, 0.2) is 0 Å². The lowest BCUT2D eigenvalue weighted by Crippen LogP contribution is -2.27. The molecule has 0 aliphatic rings. The third kappa shape index (κ3) is 6.43. The number of nitrogens with two attached hydrogens (primary N) is 1. The third-order valence-corrected chi connectivity index (χ3v) is 2.03. The fourth-order valence-corrected chi connectivity index (χ4v) is 1.09. The highest BCUT2D eigenvalue weighted by Crippen LogP contribution is 2.05. The van der Waals surface area contributed by atoms with Crippen LogP contribution in [0.4, 0.5) is 4.79 Å². The van der Waals surface area contributed by atoms with Crippen LogP contribution in [0.1, 0.15) is 0 Å². The lowest BCUT2D eigenvalue weighted by Gasteiger charge is -1.92. The number of hydrogen-bond acceptors (Lipinski definition) is 4. The SMILES string of the molecule is NNC(=O)O.O=S(=O)(O)c1ccccc1. The van der Waals surface area contributed by atoms with E-state index in [1.807, 2.05) is 0 Å². The summed E-state index contributed by atoms with van der Waals surface area (Å²) in [6.45, 7) is 0. The number of hydrazine groups is 1. The van der Waals surface area contributed by atoms with Gasteiger partial charge in [-0.25, -0.2) is 10.6 Å². The van der Waals surface area contributed by atoms with Crippen LogP contribution in [0.2, 0.25) is 0 Å². The van der Waals surface area contributed by atoms with Gasteiger partial charge in [-0.15, -0.1) is 0 Å². The van der Waals surface area contributed by atoms with E-state index in [4.69, 9.17) is 14.5 Å². The number of benzene rings is 1. The van der Waals surface area contributed by atoms with Gasteiger partial charge in [-0.3, -0.25) is 9.98 Å². The van der Waals surface area contributed by atoms with Crippen LogP contribution < -0.4 is 11.3 Å². The summed E-state index contributed by atoms with van der Waals surface area (Å²) in [7, 11) is -4.00. The lowest BCUT2D eigenvalue weighted by molar-refractivity contribution is 0.194. The molecule has 0 aliphatic carbocycles. The predicted octanol–water partition coefficient (Wildman–Crippen LogP) is 0.0610. The van der Waals surface area contributed by atoms with Gasteiger partial charge in [-0.05, 0) is 12.1 Å². The van der Waals surface area contributed by atoms with Crippen molar-refractivity contribution in [3.63, 3.8) is 0 Å². The first-order valence-electron chi connectivity index (χ1n) is 3.60. The molecule has 7 nitrogen and oxygen atoms in total. The maximum Gasteiger partial charge on any atom is 0.418 e. The van der Waals surface area contributed by atoms with Crippen molar-refractivity contribution in [2.45, 2.75) is 4.90 Å². The molecule has 1 rings (SSSR count). The van der Waals surface area contributed by atoms with E-state index in [1.54, 1.807) is 18.2 Å². The Morgan fingerprint density at radius 3 is 1.87 bits per heavy atom. The molecule has 0 atom stereocenters. The number of nitrogens with one attached hydrogen (secondary N) is 1. The predicted molar refractivity (Wildman–Crippen MR) is 51.6 cm³/mol. The Morgan fingerprint density at radius 2 is 1.67 bits per heavy atom. The van der Waals surface area contributed by atoms with E-state index in [2.05, 4.69) is 5.84 Å². The Bertz CT molecular complexity index is 403. The second-order valence-electron chi connectivity index (χ2n) is 2.24. The Hall–Kier alpha value is -1.64. The molecule has 0 aromatic heterocycles.